The molecule has 5 nitrogen and oxygen atoms in total. The first-order chi connectivity index (χ1) is 12.3. The number of carbonyl (C=O) groups excluding carboxylic acids is 1. The zero-order valence-electron chi connectivity index (χ0n) is 15.0. The zero-order chi connectivity index (χ0) is 18.6. The third kappa shape index (κ3) is 2.82. The summed E-state index contributed by atoms with van der Waals surface area (Å²) in [4.78, 5) is 14.1. The van der Waals surface area contributed by atoms with Crippen LogP contribution >= 0.6 is 22.9 Å². The van der Waals surface area contributed by atoms with Gasteiger partial charge in [-0.3, -0.25) is 4.79 Å². The van der Waals surface area contributed by atoms with Gasteiger partial charge in [0.25, 0.3) is 5.91 Å². The standard InChI is InChI=1S/C19H21ClN4OS/c1-19(2,3)17-11-7-16(26-15(11)4-5-22-17)10-6-13-12(20)8-14(18(21)25)24(13)23-9-10/h6-9,17,22H,4-5H2,1-3H3,(H2,21,25). The molecule has 0 spiro atoms. The second kappa shape index (κ2) is 6.08. The second-order valence-corrected chi connectivity index (χ2v) is 9.32. The molecule has 3 N–H and O–H groups in total. The number of rotatable bonds is 2. The van der Waals surface area contributed by atoms with Gasteiger partial charge in [0.2, 0.25) is 0 Å². The number of aromatic nitrogens is 2. The molecule has 0 bridgehead atoms. The van der Waals surface area contributed by atoms with E-state index in [-0.39, 0.29) is 5.41 Å². The first kappa shape index (κ1) is 17.5. The summed E-state index contributed by atoms with van der Waals surface area (Å²) in [6.07, 6.45) is 2.81. The first-order valence-electron chi connectivity index (χ1n) is 8.59. The molecule has 7 heteroatoms. The van der Waals surface area contributed by atoms with Gasteiger partial charge in [-0.25, -0.2) is 4.52 Å². The minimum absolute atomic E-state index is 0.150. The SMILES string of the molecule is CC(C)(C)C1NCCc2sc(-c3cnn4c(C(N)=O)cc(Cl)c4c3)cc21. The van der Waals surface area contributed by atoms with Gasteiger partial charge in [0.15, 0.2) is 0 Å². The lowest BCUT2D eigenvalue weighted by atomic mass is 9.80. The number of thiophene rings is 1. The molecule has 1 amide bonds. The highest BCUT2D eigenvalue weighted by atomic mass is 35.5. The zero-order valence-corrected chi connectivity index (χ0v) is 16.5. The predicted molar refractivity (Wildman–Crippen MR) is 106 cm³/mol. The van der Waals surface area contributed by atoms with E-state index in [0.29, 0.717) is 22.3 Å². The van der Waals surface area contributed by atoms with E-state index < -0.39 is 5.91 Å². The van der Waals surface area contributed by atoms with Crippen molar-refractivity contribution >= 4 is 34.4 Å². The van der Waals surface area contributed by atoms with Crippen LogP contribution in [0.3, 0.4) is 0 Å². The topological polar surface area (TPSA) is 72.4 Å². The highest BCUT2D eigenvalue weighted by molar-refractivity contribution is 7.15. The van der Waals surface area contributed by atoms with Gasteiger partial charge < -0.3 is 11.1 Å². The molecule has 136 valence electrons. The fourth-order valence-corrected chi connectivity index (χ4v) is 5.01. The Balaban J connectivity index is 1.81. The van der Waals surface area contributed by atoms with Crippen molar-refractivity contribution < 1.29 is 4.79 Å². The van der Waals surface area contributed by atoms with Crippen LogP contribution in [-0.2, 0) is 6.42 Å². The van der Waals surface area contributed by atoms with Crippen LogP contribution in [-0.4, -0.2) is 22.1 Å². The first-order valence-corrected chi connectivity index (χ1v) is 9.78. The number of nitrogens with zero attached hydrogens (tertiary/aromatic N) is 2. The molecule has 0 aliphatic carbocycles. The summed E-state index contributed by atoms with van der Waals surface area (Å²) in [6.45, 7) is 7.78. The van der Waals surface area contributed by atoms with E-state index in [2.05, 4.69) is 37.3 Å². The van der Waals surface area contributed by atoms with E-state index in [0.717, 1.165) is 18.5 Å². The Morgan fingerprint density at radius 3 is 2.85 bits per heavy atom. The summed E-state index contributed by atoms with van der Waals surface area (Å²) in [5, 5.41) is 8.52. The van der Waals surface area contributed by atoms with Gasteiger partial charge in [-0.15, -0.1) is 11.3 Å². The quantitative estimate of drug-likeness (QED) is 0.695. The number of primary amides is 1. The molecular formula is C19H21ClN4OS. The van der Waals surface area contributed by atoms with Crippen LogP contribution in [0.2, 0.25) is 5.02 Å². The Kier molecular flexibility index (Phi) is 4.10. The van der Waals surface area contributed by atoms with Crippen molar-refractivity contribution in [2.45, 2.75) is 33.2 Å². The van der Waals surface area contributed by atoms with E-state index in [1.54, 1.807) is 12.3 Å². The summed E-state index contributed by atoms with van der Waals surface area (Å²) in [7, 11) is 0. The van der Waals surface area contributed by atoms with E-state index in [1.807, 2.05) is 17.4 Å². The lowest BCUT2D eigenvalue weighted by Crippen LogP contribution is -2.37. The number of carbonyl (C=O) groups is 1. The minimum Gasteiger partial charge on any atom is -0.364 e. The predicted octanol–water partition coefficient (Wildman–Crippen LogP) is 4.05. The van der Waals surface area contributed by atoms with E-state index in [4.69, 9.17) is 17.3 Å². The second-order valence-electron chi connectivity index (χ2n) is 7.78. The van der Waals surface area contributed by atoms with Gasteiger partial charge in [0.05, 0.1) is 16.7 Å². The summed E-state index contributed by atoms with van der Waals surface area (Å²) in [5.74, 6) is -0.544. The van der Waals surface area contributed by atoms with Crippen LogP contribution < -0.4 is 11.1 Å². The van der Waals surface area contributed by atoms with E-state index in [9.17, 15) is 4.79 Å². The fourth-order valence-electron chi connectivity index (χ4n) is 3.59. The smallest absolute Gasteiger partial charge is 0.267 e. The number of nitrogens with one attached hydrogen (secondary N) is 1. The number of hydrogen-bond donors (Lipinski definition) is 2. The minimum atomic E-state index is -0.544. The average molecular weight is 389 g/mol. The summed E-state index contributed by atoms with van der Waals surface area (Å²) < 4.78 is 1.50. The van der Waals surface area contributed by atoms with Crippen LogP contribution in [0.4, 0.5) is 0 Å². The third-order valence-electron chi connectivity index (χ3n) is 4.83. The van der Waals surface area contributed by atoms with Crippen molar-refractivity contribution in [3.63, 3.8) is 0 Å². The molecule has 0 fully saturated rings. The highest BCUT2D eigenvalue weighted by Crippen LogP contribution is 2.43. The maximum Gasteiger partial charge on any atom is 0.267 e. The van der Waals surface area contributed by atoms with Crippen molar-refractivity contribution in [1.82, 2.24) is 14.9 Å². The van der Waals surface area contributed by atoms with Crippen LogP contribution in [0, 0.1) is 5.41 Å². The van der Waals surface area contributed by atoms with Crippen LogP contribution in [0.25, 0.3) is 16.0 Å². The molecule has 0 saturated heterocycles. The number of halogens is 1. The Labute approximate surface area is 161 Å². The normalized spacial score (nSPS) is 17.5. The number of nitrogens with two attached hydrogens (primary N) is 1. The Morgan fingerprint density at radius 1 is 1.38 bits per heavy atom. The largest absolute Gasteiger partial charge is 0.364 e. The molecule has 3 aromatic heterocycles. The Morgan fingerprint density at radius 2 is 2.15 bits per heavy atom. The van der Waals surface area contributed by atoms with Crippen LogP contribution in [0.5, 0.6) is 0 Å². The monoisotopic (exact) mass is 388 g/mol. The van der Waals surface area contributed by atoms with Crippen molar-refractivity contribution in [3.05, 3.63) is 45.6 Å². The molecule has 0 saturated carbocycles. The summed E-state index contributed by atoms with van der Waals surface area (Å²) >= 11 is 8.10. The van der Waals surface area contributed by atoms with Gasteiger partial charge in [-0.2, -0.15) is 5.10 Å². The van der Waals surface area contributed by atoms with Crippen molar-refractivity contribution in [3.8, 4) is 10.4 Å². The Hall–Kier alpha value is -1.89. The van der Waals surface area contributed by atoms with Gasteiger partial charge >= 0.3 is 0 Å². The van der Waals surface area contributed by atoms with Gasteiger partial charge in [-0.05, 0) is 35.6 Å². The highest BCUT2D eigenvalue weighted by Gasteiger charge is 2.32. The molecular weight excluding hydrogens is 368 g/mol. The third-order valence-corrected chi connectivity index (χ3v) is 6.39. The summed E-state index contributed by atoms with van der Waals surface area (Å²) in [5.41, 5.74) is 8.91. The molecule has 1 unspecified atom stereocenters. The maximum atomic E-state index is 11.5. The van der Waals surface area contributed by atoms with Crippen molar-refractivity contribution in [2.24, 2.45) is 11.1 Å². The van der Waals surface area contributed by atoms with Crippen LogP contribution in [0.1, 0.15) is 47.7 Å². The molecule has 26 heavy (non-hydrogen) atoms. The van der Waals surface area contributed by atoms with Crippen molar-refractivity contribution in [1.29, 1.82) is 0 Å². The summed E-state index contributed by atoms with van der Waals surface area (Å²) in [6, 6.07) is 6.14. The molecule has 0 radical (unpaired) electrons. The lowest BCUT2D eigenvalue weighted by Gasteiger charge is -2.35. The Bertz CT molecular complexity index is 1010. The maximum absolute atomic E-state index is 11.5. The average Bonchev–Trinajstić information content (AvgIpc) is 3.15. The fraction of sp³-hybridized carbons (Fsp3) is 0.368. The molecule has 1 aliphatic rings. The number of amides is 1. The molecule has 4 rings (SSSR count). The molecule has 4 heterocycles. The molecule has 3 aromatic rings. The molecule has 1 atom stereocenters. The molecule has 0 aromatic carbocycles. The van der Waals surface area contributed by atoms with Crippen molar-refractivity contribution in [2.75, 3.05) is 6.54 Å². The van der Waals surface area contributed by atoms with E-state index >= 15 is 0 Å². The van der Waals surface area contributed by atoms with Gasteiger partial charge in [-0.1, -0.05) is 32.4 Å². The molecule has 1 aliphatic heterocycles. The van der Waals surface area contributed by atoms with Crippen LogP contribution in [0.15, 0.2) is 24.4 Å². The number of fused-ring (bicyclic) bond motifs is 2. The number of hydrogen-bond acceptors (Lipinski definition) is 4. The van der Waals surface area contributed by atoms with Gasteiger partial charge in [0, 0.05) is 27.9 Å². The van der Waals surface area contributed by atoms with Gasteiger partial charge in [0.1, 0.15) is 5.69 Å². The lowest BCUT2D eigenvalue weighted by molar-refractivity contribution is 0.0993. The van der Waals surface area contributed by atoms with E-state index in [1.165, 1.54) is 19.8 Å².